The van der Waals surface area contributed by atoms with Crippen molar-refractivity contribution in [3.63, 3.8) is 0 Å². The van der Waals surface area contributed by atoms with Crippen LogP contribution in [0.1, 0.15) is 31.0 Å². The second-order valence-electron chi connectivity index (χ2n) is 7.53. The Labute approximate surface area is 200 Å². The molecule has 0 aromatic heterocycles. The standard InChI is InChI=1S/C25H27ClN2O4S/c1-4-19-10-12-20(13-11-19)18(2)27-25(29)17-28(23-16-21(26)14-15-24(23)32-3)33(30,31)22-8-6-5-7-9-22/h5-16,18H,4,17H2,1-3H3,(H,27,29). The third-order valence-electron chi connectivity index (χ3n) is 5.29. The molecule has 0 fully saturated rings. The van der Waals surface area contributed by atoms with Gasteiger partial charge in [-0.2, -0.15) is 0 Å². The fraction of sp³-hybridized carbons (Fsp3) is 0.240. The van der Waals surface area contributed by atoms with E-state index in [1.165, 1.54) is 30.9 Å². The highest BCUT2D eigenvalue weighted by Gasteiger charge is 2.30. The summed E-state index contributed by atoms with van der Waals surface area (Å²) in [4.78, 5) is 13.1. The molecule has 3 aromatic rings. The van der Waals surface area contributed by atoms with Crippen LogP contribution in [0.2, 0.25) is 5.02 Å². The third-order valence-corrected chi connectivity index (χ3v) is 7.30. The first-order valence-electron chi connectivity index (χ1n) is 10.6. The van der Waals surface area contributed by atoms with E-state index in [2.05, 4.69) is 12.2 Å². The summed E-state index contributed by atoms with van der Waals surface area (Å²) in [5.74, 6) is -0.168. The van der Waals surface area contributed by atoms with Crippen molar-refractivity contribution in [2.24, 2.45) is 0 Å². The van der Waals surface area contributed by atoms with E-state index in [1.54, 1.807) is 30.3 Å². The van der Waals surface area contributed by atoms with Gasteiger partial charge in [-0.1, -0.05) is 61.0 Å². The molecule has 33 heavy (non-hydrogen) atoms. The number of sulfonamides is 1. The van der Waals surface area contributed by atoms with Crippen LogP contribution in [0, 0.1) is 0 Å². The van der Waals surface area contributed by atoms with E-state index in [1.807, 2.05) is 31.2 Å². The molecule has 0 spiro atoms. The SMILES string of the molecule is CCc1ccc(C(C)NC(=O)CN(c2cc(Cl)ccc2OC)S(=O)(=O)c2ccccc2)cc1. The summed E-state index contributed by atoms with van der Waals surface area (Å²) in [5, 5.41) is 3.21. The Morgan fingerprint density at radius 1 is 1.06 bits per heavy atom. The molecule has 0 radical (unpaired) electrons. The Kier molecular flexibility index (Phi) is 8.00. The Morgan fingerprint density at radius 3 is 2.33 bits per heavy atom. The van der Waals surface area contributed by atoms with Crippen LogP contribution in [0.3, 0.4) is 0 Å². The molecular formula is C25H27ClN2O4S. The number of carbonyl (C=O) groups excluding carboxylic acids is 1. The summed E-state index contributed by atoms with van der Waals surface area (Å²) in [6.45, 7) is 3.49. The average molecular weight is 487 g/mol. The van der Waals surface area contributed by atoms with Crippen LogP contribution in [0.4, 0.5) is 5.69 Å². The minimum atomic E-state index is -4.07. The number of hydrogen-bond acceptors (Lipinski definition) is 4. The van der Waals surface area contributed by atoms with E-state index in [0.29, 0.717) is 5.02 Å². The molecular weight excluding hydrogens is 460 g/mol. The van der Waals surface area contributed by atoms with Crippen molar-refractivity contribution in [3.05, 3.63) is 88.9 Å². The first kappa shape index (κ1) is 24.6. The van der Waals surface area contributed by atoms with Crippen molar-refractivity contribution in [1.82, 2.24) is 5.32 Å². The molecule has 174 valence electrons. The molecule has 1 N–H and O–H groups in total. The highest BCUT2D eigenvalue weighted by Crippen LogP contribution is 2.34. The molecule has 1 atom stereocenters. The van der Waals surface area contributed by atoms with Gasteiger partial charge < -0.3 is 10.1 Å². The smallest absolute Gasteiger partial charge is 0.264 e. The minimum absolute atomic E-state index is 0.0584. The van der Waals surface area contributed by atoms with Gasteiger partial charge in [0.1, 0.15) is 12.3 Å². The van der Waals surface area contributed by atoms with Gasteiger partial charge >= 0.3 is 0 Å². The lowest BCUT2D eigenvalue weighted by molar-refractivity contribution is -0.120. The number of hydrogen-bond donors (Lipinski definition) is 1. The highest BCUT2D eigenvalue weighted by molar-refractivity contribution is 7.92. The van der Waals surface area contributed by atoms with Gasteiger partial charge in [0.25, 0.3) is 10.0 Å². The van der Waals surface area contributed by atoms with Crippen molar-refractivity contribution in [2.75, 3.05) is 18.0 Å². The number of carbonyl (C=O) groups is 1. The summed E-state index contributed by atoms with van der Waals surface area (Å²) >= 11 is 6.16. The van der Waals surface area contributed by atoms with Crippen LogP contribution >= 0.6 is 11.6 Å². The van der Waals surface area contributed by atoms with E-state index < -0.39 is 22.5 Å². The Hall–Kier alpha value is -3.03. The van der Waals surface area contributed by atoms with Gasteiger partial charge in [0.15, 0.2) is 0 Å². The van der Waals surface area contributed by atoms with Crippen LogP contribution in [0.5, 0.6) is 5.75 Å². The first-order valence-corrected chi connectivity index (χ1v) is 12.4. The van der Waals surface area contributed by atoms with Crippen LogP contribution in [-0.4, -0.2) is 28.0 Å². The zero-order valence-corrected chi connectivity index (χ0v) is 20.4. The normalized spacial score (nSPS) is 12.1. The van der Waals surface area contributed by atoms with Crippen molar-refractivity contribution >= 4 is 33.2 Å². The molecule has 1 unspecified atom stereocenters. The molecule has 0 aliphatic carbocycles. The predicted octanol–water partition coefficient (Wildman–Crippen LogP) is 4.98. The summed E-state index contributed by atoms with van der Waals surface area (Å²) in [7, 11) is -2.64. The fourth-order valence-electron chi connectivity index (χ4n) is 3.42. The summed E-state index contributed by atoms with van der Waals surface area (Å²) in [6, 6.07) is 20.2. The number of nitrogens with one attached hydrogen (secondary N) is 1. The number of rotatable bonds is 9. The van der Waals surface area contributed by atoms with Gasteiger partial charge in [-0.3, -0.25) is 9.10 Å². The van der Waals surface area contributed by atoms with Crippen molar-refractivity contribution < 1.29 is 17.9 Å². The predicted molar refractivity (Wildman–Crippen MR) is 131 cm³/mol. The fourth-order valence-corrected chi connectivity index (χ4v) is 5.03. The monoisotopic (exact) mass is 486 g/mol. The van der Waals surface area contributed by atoms with E-state index >= 15 is 0 Å². The molecule has 3 rings (SSSR count). The average Bonchev–Trinajstić information content (AvgIpc) is 2.83. The second kappa shape index (κ2) is 10.7. The van der Waals surface area contributed by atoms with E-state index in [-0.39, 0.29) is 22.4 Å². The number of benzene rings is 3. The lowest BCUT2D eigenvalue weighted by atomic mass is 10.1. The molecule has 1 amide bonds. The van der Waals surface area contributed by atoms with Gasteiger partial charge in [0, 0.05) is 5.02 Å². The number of anilines is 1. The van der Waals surface area contributed by atoms with Gasteiger partial charge in [-0.05, 0) is 54.8 Å². The van der Waals surface area contributed by atoms with Crippen LogP contribution < -0.4 is 14.4 Å². The van der Waals surface area contributed by atoms with Crippen LogP contribution in [0.25, 0.3) is 0 Å². The van der Waals surface area contributed by atoms with Gasteiger partial charge in [-0.25, -0.2) is 8.42 Å². The lowest BCUT2D eigenvalue weighted by Gasteiger charge is -2.26. The number of amides is 1. The number of nitrogens with zero attached hydrogens (tertiary/aromatic N) is 1. The highest BCUT2D eigenvalue weighted by atomic mass is 35.5. The van der Waals surface area contributed by atoms with E-state index in [0.717, 1.165) is 16.3 Å². The maximum atomic E-state index is 13.5. The molecule has 0 bridgehead atoms. The lowest BCUT2D eigenvalue weighted by Crippen LogP contribution is -2.41. The van der Waals surface area contributed by atoms with Crippen molar-refractivity contribution in [2.45, 2.75) is 31.2 Å². The summed E-state index contributed by atoms with van der Waals surface area (Å²) < 4.78 is 33.4. The molecule has 0 aliphatic rings. The number of aryl methyl sites for hydroxylation is 1. The number of halogens is 1. The summed E-state index contributed by atoms with van der Waals surface area (Å²) in [5.41, 5.74) is 2.31. The van der Waals surface area contributed by atoms with Gasteiger partial charge in [0.2, 0.25) is 5.91 Å². The third kappa shape index (κ3) is 5.86. The van der Waals surface area contributed by atoms with Crippen LogP contribution in [0.15, 0.2) is 77.7 Å². The Bertz CT molecular complexity index is 1200. The molecule has 8 heteroatoms. The zero-order chi connectivity index (χ0) is 24.0. The molecule has 0 saturated heterocycles. The zero-order valence-electron chi connectivity index (χ0n) is 18.8. The topological polar surface area (TPSA) is 75.7 Å². The van der Waals surface area contributed by atoms with Gasteiger partial charge in [-0.15, -0.1) is 0 Å². The second-order valence-corrected chi connectivity index (χ2v) is 9.82. The number of ether oxygens (including phenoxy) is 1. The molecule has 0 saturated carbocycles. The van der Waals surface area contributed by atoms with E-state index in [4.69, 9.17) is 16.3 Å². The Balaban J connectivity index is 1.93. The largest absolute Gasteiger partial charge is 0.495 e. The quantitative estimate of drug-likeness (QED) is 0.462. The first-order chi connectivity index (χ1) is 15.8. The minimum Gasteiger partial charge on any atom is -0.495 e. The molecule has 3 aromatic carbocycles. The Morgan fingerprint density at radius 2 is 1.73 bits per heavy atom. The van der Waals surface area contributed by atoms with Crippen molar-refractivity contribution in [3.8, 4) is 5.75 Å². The van der Waals surface area contributed by atoms with Crippen LogP contribution in [-0.2, 0) is 21.2 Å². The van der Waals surface area contributed by atoms with Gasteiger partial charge in [0.05, 0.1) is 23.7 Å². The molecule has 0 aliphatic heterocycles. The molecule has 0 heterocycles. The molecule has 6 nitrogen and oxygen atoms in total. The maximum absolute atomic E-state index is 13.5. The number of methoxy groups -OCH3 is 1. The summed E-state index contributed by atoms with van der Waals surface area (Å²) in [6.07, 6.45) is 0.925. The van der Waals surface area contributed by atoms with Crippen molar-refractivity contribution in [1.29, 1.82) is 0 Å². The van der Waals surface area contributed by atoms with E-state index in [9.17, 15) is 13.2 Å². The maximum Gasteiger partial charge on any atom is 0.264 e.